The van der Waals surface area contributed by atoms with Gasteiger partial charge in [-0.2, -0.15) is 0 Å². The molecule has 0 bridgehead atoms. The number of nitrogens with one attached hydrogen (secondary N) is 1. The van der Waals surface area contributed by atoms with E-state index in [9.17, 15) is 14.7 Å². The Labute approximate surface area is 157 Å². The van der Waals surface area contributed by atoms with E-state index >= 15 is 0 Å². The maximum atomic E-state index is 12.0. The SMILES string of the molecule is CC(C)[C@H](N)C(=O)NCCC(C(=O)O)c1ccccc1C(C)(C)C(C)C. The number of carbonyl (C=O) groups excluding carboxylic acids is 1. The highest BCUT2D eigenvalue weighted by atomic mass is 16.4. The Morgan fingerprint density at radius 2 is 1.73 bits per heavy atom. The van der Waals surface area contributed by atoms with Crippen LogP contribution in [0.3, 0.4) is 0 Å². The van der Waals surface area contributed by atoms with Crippen molar-refractivity contribution in [2.45, 2.75) is 65.3 Å². The summed E-state index contributed by atoms with van der Waals surface area (Å²) >= 11 is 0. The molecule has 0 aromatic heterocycles. The van der Waals surface area contributed by atoms with Crippen molar-refractivity contribution >= 4 is 11.9 Å². The summed E-state index contributed by atoms with van der Waals surface area (Å²) < 4.78 is 0. The van der Waals surface area contributed by atoms with Crippen LogP contribution in [0.25, 0.3) is 0 Å². The van der Waals surface area contributed by atoms with Gasteiger partial charge < -0.3 is 16.2 Å². The van der Waals surface area contributed by atoms with E-state index in [4.69, 9.17) is 5.73 Å². The monoisotopic (exact) mass is 362 g/mol. The van der Waals surface area contributed by atoms with Crippen LogP contribution in [0.15, 0.2) is 24.3 Å². The number of carboxylic acid groups (broad SMARTS) is 1. The molecule has 5 nitrogen and oxygen atoms in total. The first-order valence-corrected chi connectivity index (χ1v) is 9.35. The molecule has 0 heterocycles. The third-order valence-corrected chi connectivity index (χ3v) is 5.53. The number of benzene rings is 1. The van der Waals surface area contributed by atoms with Gasteiger partial charge in [-0.15, -0.1) is 0 Å². The molecule has 1 aromatic carbocycles. The molecule has 5 heteroatoms. The Hall–Kier alpha value is -1.88. The van der Waals surface area contributed by atoms with Crippen LogP contribution in [-0.4, -0.2) is 29.6 Å². The molecule has 0 aliphatic heterocycles. The molecule has 1 amide bonds. The van der Waals surface area contributed by atoms with E-state index in [0.29, 0.717) is 12.3 Å². The van der Waals surface area contributed by atoms with Gasteiger partial charge in [0.15, 0.2) is 0 Å². The Balaban J connectivity index is 2.99. The molecule has 0 aliphatic carbocycles. The largest absolute Gasteiger partial charge is 0.481 e. The molecule has 0 spiro atoms. The number of rotatable bonds is 9. The molecule has 146 valence electrons. The van der Waals surface area contributed by atoms with Gasteiger partial charge in [0.05, 0.1) is 12.0 Å². The lowest BCUT2D eigenvalue weighted by molar-refractivity contribution is -0.139. The number of carboxylic acids is 1. The van der Waals surface area contributed by atoms with Gasteiger partial charge in [-0.1, -0.05) is 65.8 Å². The molecule has 1 aromatic rings. The quantitative estimate of drug-likeness (QED) is 0.628. The highest BCUT2D eigenvalue weighted by molar-refractivity contribution is 5.82. The molecule has 4 N–H and O–H groups in total. The Bertz CT molecular complexity index is 623. The number of hydrogen-bond acceptors (Lipinski definition) is 3. The lowest BCUT2D eigenvalue weighted by Gasteiger charge is -2.33. The van der Waals surface area contributed by atoms with Crippen molar-refractivity contribution in [2.75, 3.05) is 6.54 Å². The summed E-state index contributed by atoms with van der Waals surface area (Å²) in [6.07, 6.45) is 0.330. The topological polar surface area (TPSA) is 92.4 Å². The smallest absolute Gasteiger partial charge is 0.311 e. The second-order valence-electron chi connectivity index (χ2n) is 8.20. The second kappa shape index (κ2) is 9.17. The van der Waals surface area contributed by atoms with Crippen LogP contribution >= 0.6 is 0 Å². The molecule has 0 aliphatic rings. The summed E-state index contributed by atoms with van der Waals surface area (Å²) in [6, 6.07) is 7.15. The lowest BCUT2D eigenvalue weighted by atomic mass is 9.71. The second-order valence-corrected chi connectivity index (χ2v) is 8.20. The molecule has 1 rings (SSSR count). The average molecular weight is 363 g/mol. The van der Waals surface area contributed by atoms with Crippen molar-refractivity contribution in [3.05, 3.63) is 35.4 Å². The van der Waals surface area contributed by atoms with E-state index in [-0.39, 0.29) is 23.8 Å². The Kier molecular flexibility index (Phi) is 7.82. The van der Waals surface area contributed by atoms with Crippen LogP contribution in [0, 0.1) is 11.8 Å². The van der Waals surface area contributed by atoms with Gasteiger partial charge >= 0.3 is 5.97 Å². The van der Waals surface area contributed by atoms with E-state index < -0.39 is 17.9 Å². The first-order valence-electron chi connectivity index (χ1n) is 9.35. The van der Waals surface area contributed by atoms with E-state index in [0.717, 1.165) is 11.1 Å². The summed E-state index contributed by atoms with van der Waals surface area (Å²) in [4.78, 5) is 23.9. The number of amides is 1. The summed E-state index contributed by atoms with van der Waals surface area (Å²) in [7, 11) is 0. The van der Waals surface area contributed by atoms with E-state index in [1.165, 1.54) is 0 Å². The minimum absolute atomic E-state index is 0.0397. The van der Waals surface area contributed by atoms with Gasteiger partial charge in [0.1, 0.15) is 0 Å². The van der Waals surface area contributed by atoms with Gasteiger partial charge in [0.2, 0.25) is 5.91 Å². The van der Waals surface area contributed by atoms with Crippen molar-refractivity contribution in [1.29, 1.82) is 0 Å². The highest BCUT2D eigenvalue weighted by Crippen LogP contribution is 2.37. The van der Waals surface area contributed by atoms with Crippen molar-refractivity contribution in [3.63, 3.8) is 0 Å². The van der Waals surface area contributed by atoms with Crippen LogP contribution in [0.2, 0.25) is 0 Å². The first-order chi connectivity index (χ1) is 12.0. The molecule has 2 atom stereocenters. The summed E-state index contributed by atoms with van der Waals surface area (Å²) in [5.74, 6) is -1.38. The highest BCUT2D eigenvalue weighted by Gasteiger charge is 2.31. The van der Waals surface area contributed by atoms with Gasteiger partial charge in [-0.25, -0.2) is 0 Å². The number of hydrogen-bond donors (Lipinski definition) is 3. The molecule has 0 saturated heterocycles. The van der Waals surface area contributed by atoms with E-state index in [1.54, 1.807) is 0 Å². The molecular formula is C21H34N2O3. The Morgan fingerprint density at radius 3 is 2.23 bits per heavy atom. The van der Waals surface area contributed by atoms with Crippen LogP contribution < -0.4 is 11.1 Å². The van der Waals surface area contributed by atoms with Crippen LogP contribution in [0.4, 0.5) is 0 Å². The van der Waals surface area contributed by atoms with E-state index in [1.807, 2.05) is 38.1 Å². The van der Waals surface area contributed by atoms with Crippen LogP contribution in [-0.2, 0) is 15.0 Å². The van der Waals surface area contributed by atoms with Gasteiger partial charge in [0.25, 0.3) is 0 Å². The zero-order chi connectivity index (χ0) is 20.1. The molecule has 0 saturated carbocycles. The Morgan fingerprint density at radius 1 is 1.15 bits per heavy atom. The first kappa shape index (κ1) is 22.2. The van der Waals surface area contributed by atoms with Crippen LogP contribution in [0.5, 0.6) is 0 Å². The minimum Gasteiger partial charge on any atom is -0.481 e. The third kappa shape index (κ3) is 5.31. The standard InChI is InChI=1S/C21H34N2O3/c1-13(2)18(22)19(24)23-12-11-16(20(25)26)15-9-7-8-10-17(15)21(5,6)14(3)4/h7-10,13-14,16,18H,11-12,22H2,1-6H3,(H,23,24)(H,25,26)/t16?,18-/m0/s1. The fraction of sp³-hybridized carbons (Fsp3) is 0.619. The summed E-state index contributed by atoms with van der Waals surface area (Å²) in [6.45, 7) is 12.6. The van der Waals surface area contributed by atoms with Gasteiger partial charge in [-0.05, 0) is 34.8 Å². The summed E-state index contributed by atoms with van der Waals surface area (Å²) in [5.41, 5.74) is 7.56. The van der Waals surface area contributed by atoms with E-state index in [2.05, 4.69) is 33.0 Å². The third-order valence-electron chi connectivity index (χ3n) is 5.53. The van der Waals surface area contributed by atoms with Crippen molar-refractivity contribution < 1.29 is 14.7 Å². The molecule has 1 unspecified atom stereocenters. The number of carbonyl (C=O) groups is 2. The van der Waals surface area contributed by atoms with Gasteiger partial charge in [-0.3, -0.25) is 9.59 Å². The van der Waals surface area contributed by atoms with Crippen molar-refractivity contribution in [2.24, 2.45) is 17.6 Å². The molecule has 0 radical (unpaired) electrons. The molecule has 26 heavy (non-hydrogen) atoms. The van der Waals surface area contributed by atoms with Gasteiger partial charge in [0, 0.05) is 6.54 Å². The fourth-order valence-corrected chi connectivity index (χ4v) is 2.87. The predicted octanol–water partition coefficient (Wildman–Crippen LogP) is 3.28. The van der Waals surface area contributed by atoms with Crippen LogP contribution in [0.1, 0.15) is 65.0 Å². The minimum atomic E-state index is -0.876. The average Bonchev–Trinajstić information content (AvgIpc) is 2.57. The number of nitrogens with two attached hydrogens (primary N) is 1. The number of aliphatic carboxylic acids is 1. The zero-order valence-electron chi connectivity index (χ0n) is 16.9. The lowest BCUT2D eigenvalue weighted by Crippen LogP contribution is -2.44. The maximum Gasteiger partial charge on any atom is 0.311 e. The zero-order valence-corrected chi connectivity index (χ0v) is 16.9. The van der Waals surface area contributed by atoms with Crippen molar-refractivity contribution in [3.8, 4) is 0 Å². The fourth-order valence-electron chi connectivity index (χ4n) is 2.87. The predicted molar refractivity (Wildman–Crippen MR) is 105 cm³/mol. The molecule has 0 fully saturated rings. The normalized spacial score (nSPS) is 14.3. The van der Waals surface area contributed by atoms with Crippen molar-refractivity contribution in [1.82, 2.24) is 5.32 Å². The summed E-state index contributed by atoms with van der Waals surface area (Å²) in [5, 5.41) is 12.6. The molecular weight excluding hydrogens is 328 g/mol. The maximum absolute atomic E-state index is 12.0.